The standard InChI is InChI=1S/C26H32N4OS/c1-18-6-12-21(13-7-18)27-24(31)30-16-14-26(15-17-30)28-22(23(29-26)32-5)19-8-10-20(11-9-19)25(2,3)4/h6-13H,14-17H2,1-5H3,(H,27,31). The number of nitrogens with zero attached hydrogens (tertiary/aromatic N) is 3. The number of piperidine rings is 1. The van der Waals surface area contributed by atoms with Gasteiger partial charge in [0.15, 0.2) is 5.66 Å². The predicted molar refractivity (Wildman–Crippen MR) is 136 cm³/mol. The molecule has 6 heteroatoms. The zero-order valence-electron chi connectivity index (χ0n) is 19.6. The third-order valence-corrected chi connectivity index (χ3v) is 6.88. The number of hydrogen-bond acceptors (Lipinski definition) is 4. The molecule has 1 N–H and O–H groups in total. The average Bonchev–Trinajstić information content (AvgIpc) is 3.13. The second kappa shape index (κ2) is 8.74. The Balaban J connectivity index is 1.46. The van der Waals surface area contributed by atoms with Gasteiger partial charge in [-0.1, -0.05) is 62.7 Å². The summed E-state index contributed by atoms with van der Waals surface area (Å²) in [7, 11) is 0. The van der Waals surface area contributed by atoms with Crippen LogP contribution < -0.4 is 5.32 Å². The van der Waals surface area contributed by atoms with Crippen LogP contribution in [0.5, 0.6) is 0 Å². The molecule has 0 saturated carbocycles. The molecule has 32 heavy (non-hydrogen) atoms. The van der Waals surface area contributed by atoms with Crippen molar-refractivity contribution in [3.8, 4) is 0 Å². The van der Waals surface area contributed by atoms with E-state index in [0.717, 1.165) is 34.8 Å². The van der Waals surface area contributed by atoms with Gasteiger partial charge in [-0.25, -0.2) is 9.79 Å². The fraction of sp³-hybridized carbons (Fsp3) is 0.423. The van der Waals surface area contributed by atoms with E-state index < -0.39 is 5.66 Å². The largest absolute Gasteiger partial charge is 0.324 e. The summed E-state index contributed by atoms with van der Waals surface area (Å²) >= 11 is 1.65. The molecule has 2 aromatic rings. The zero-order chi connectivity index (χ0) is 22.9. The number of hydrogen-bond donors (Lipinski definition) is 1. The highest BCUT2D eigenvalue weighted by Crippen LogP contribution is 2.35. The molecule has 0 aromatic heterocycles. The van der Waals surface area contributed by atoms with Gasteiger partial charge in [-0.05, 0) is 36.3 Å². The fourth-order valence-corrected chi connectivity index (χ4v) is 4.73. The van der Waals surface area contributed by atoms with Crippen molar-refractivity contribution in [3.05, 3.63) is 65.2 Å². The van der Waals surface area contributed by atoms with Gasteiger partial charge in [0.1, 0.15) is 5.04 Å². The van der Waals surface area contributed by atoms with Crippen LogP contribution in [0.1, 0.15) is 50.3 Å². The lowest BCUT2D eigenvalue weighted by Gasteiger charge is -2.35. The molecule has 1 saturated heterocycles. The monoisotopic (exact) mass is 448 g/mol. The second-order valence-corrected chi connectivity index (χ2v) is 10.5. The van der Waals surface area contributed by atoms with Gasteiger partial charge in [-0.2, -0.15) is 0 Å². The van der Waals surface area contributed by atoms with Crippen LogP contribution in [0.2, 0.25) is 0 Å². The van der Waals surface area contributed by atoms with Crippen molar-refractivity contribution in [2.75, 3.05) is 24.7 Å². The van der Waals surface area contributed by atoms with Crippen LogP contribution in [0, 0.1) is 6.92 Å². The summed E-state index contributed by atoms with van der Waals surface area (Å²) in [4.78, 5) is 24.7. The molecule has 2 aliphatic rings. The lowest BCUT2D eigenvalue weighted by atomic mass is 9.86. The number of nitrogens with one attached hydrogen (secondary N) is 1. The lowest BCUT2D eigenvalue weighted by molar-refractivity contribution is 0.175. The van der Waals surface area contributed by atoms with Gasteiger partial charge >= 0.3 is 6.03 Å². The van der Waals surface area contributed by atoms with Gasteiger partial charge in [-0.3, -0.25) is 4.99 Å². The lowest BCUT2D eigenvalue weighted by Crippen LogP contribution is -2.46. The molecular formula is C26H32N4OS. The summed E-state index contributed by atoms with van der Waals surface area (Å²) < 4.78 is 0. The minimum atomic E-state index is -0.447. The van der Waals surface area contributed by atoms with Crippen LogP contribution in [0.4, 0.5) is 10.5 Å². The van der Waals surface area contributed by atoms with Crippen molar-refractivity contribution in [3.63, 3.8) is 0 Å². The van der Waals surface area contributed by atoms with E-state index >= 15 is 0 Å². The van der Waals surface area contributed by atoms with Gasteiger partial charge in [-0.15, -0.1) is 11.8 Å². The molecule has 2 amide bonds. The van der Waals surface area contributed by atoms with Gasteiger partial charge in [0.25, 0.3) is 0 Å². The number of benzene rings is 2. The maximum absolute atomic E-state index is 12.7. The van der Waals surface area contributed by atoms with E-state index in [4.69, 9.17) is 9.98 Å². The number of thioether (sulfide) groups is 1. The smallest absolute Gasteiger partial charge is 0.321 e. The summed E-state index contributed by atoms with van der Waals surface area (Å²) in [6.45, 7) is 9.99. The number of anilines is 1. The highest BCUT2D eigenvalue weighted by atomic mass is 32.2. The van der Waals surface area contributed by atoms with Gasteiger partial charge in [0.2, 0.25) is 0 Å². The molecule has 168 valence electrons. The number of carbonyl (C=O) groups excluding carboxylic acids is 1. The van der Waals surface area contributed by atoms with Crippen molar-refractivity contribution in [2.45, 2.75) is 51.6 Å². The van der Waals surface area contributed by atoms with Gasteiger partial charge in [0.05, 0.1) is 5.71 Å². The minimum absolute atomic E-state index is 0.0576. The molecule has 5 nitrogen and oxygen atoms in total. The molecule has 0 unspecified atom stereocenters. The Bertz CT molecular complexity index is 1040. The molecular weight excluding hydrogens is 416 g/mol. The van der Waals surface area contributed by atoms with E-state index in [1.807, 2.05) is 36.1 Å². The van der Waals surface area contributed by atoms with Gasteiger partial charge in [0, 0.05) is 37.2 Å². The van der Waals surface area contributed by atoms with Crippen LogP contribution >= 0.6 is 11.8 Å². The van der Waals surface area contributed by atoms with Crippen LogP contribution in [0.25, 0.3) is 0 Å². The van der Waals surface area contributed by atoms with E-state index in [2.05, 4.69) is 56.6 Å². The number of urea groups is 1. The van der Waals surface area contributed by atoms with Crippen molar-refractivity contribution in [1.29, 1.82) is 0 Å². The summed E-state index contributed by atoms with van der Waals surface area (Å²) in [5.74, 6) is 0. The molecule has 1 spiro atoms. The molecule has 0 aliphatic carbocycles. The Labute approximate surface area is 195 Å². The molecule has 0 bridgehead atoms. The van der Waals surface area contributed by atoms with Crippen molar-refractivity contribution >= 4 is 34.2 Å². The summed E-state index contributed by atoms with van der Waals surface area (Å²) in [6.07, 6.45) is 3.53. The van der Waals surface area contributed by atoms with E-state index in [1.54, 1.807) is 11.8 Å². The highest BCUT2D eigenvalue weighted by Gasteiger charge is 2.40. The van der Waals surface area contributed by atoms with E-state index in [1.165, 1.54) is 11.1 Å². The third-order valence-electron chi connectivity index (χ3n) is 6.20. The number of amides is 2. The van der Waals surface area contributed by atoms with Crippen LogP contribution in [0.3, 0.4) is 0 Å². The molecule has 2 heterocycles. The maximum atomic E-state index is 12.7. The first-order valence-corrected chi connectivity index (χ1v) is 12.4. The van der Waals surface area contributed by atoms with Crippen molar-refractivity contribution in [2.24, 2.45) is 9.98 Å². The molecule has 2 aliphatic heterocycles. The number of rotatable bonds is 2. The SMILES string of the molecule is CSC1=NC2(CCN(C(=O)Nc3ccc(C)cc3)CC2)N=C1c1ccc(C(C)(C)C)cc1. The summed E-state index contributed by atoms with van der Waals surface area (Å²) in [5.41, 5.74) is 5.08. The highest BCUT2D eigenvalue weighted by molar-refractivity contribution is 8.15. The normalized spacial score (nSPS) is 17.8. The molecule has 2 aromatic carbocycles. The zero-order valence-corrected chi connectivity index (χ0v) is 20.4. The first kappa shape index (κ1) is 22.6. The molecule has 0 atom stereocenters. The number of carbonyl (C=O) groups is 1. The van der Waals surface area contributed by atoms with E-state index in [0.29, 0.717) is 13.1 Å². The van der Waals surface area contributed by atoms with E-state index in [-0.39, 0.29) is 11.4 Å². The second-order valence-electron chi connectivity index (χ2n) is 9.67. The number of aliphatic imine (C=N–C) groups is 2. The van der Waals surface area contributed by atoms with Crippen LogP contribution in [-0.4, -0.2) is 46.7 Å². The Kier molecular flexibility index (Phi) is 6.17. The van der Waals surface area contributed by atoms with Gasteiger partial charge < -0.3 is 10.2 Å². The van der Waals surface area contributed by atoms with Crippen LogP contribution in [0.15, 0.2) is 58.5 Å². The molecule has 1 fully saturated rings. The Hall–Kier alpha value is -2.60. The van der Waals surface area contributed by atoms with Crippen LogP contribution in [-0.2, 0) is 5.41 Å². The van der Waals surface area contributed by atoms with E-state index in [9.17, 15) is 4.79 Å². The predicted octanol–water partition coefficient (Wildman–Crippen LogP) is 5.88. The molecule has 4 rings (SSSR count). The Morgan fingerprint density at radius 1 is 1.00 bits per heavy atom. The first-order valence-electron chi connectivity index (χ1n) is 11.2. The molecule has 0 radical (unpaired) electrons. The summed E-state index contributed by atoms with van der Waals surface area (Å²) in [6, 6.07) is 16.5. The Morgan fingerprint density at radius 2 is 1.62 bits per heavy atom. The quantitative estimate of drug-likeness (QED) is 0.624. The topological polar surface area (TPSA) is 57.1 Å². The summed E-state index contributed by atoms with van der Waals surface area (Å²) in [5, 5.41) is 3.99. The Morgan fingerprint density at radius 3 is 2.19 bits per heavy atom. The fourth-order valence-electron chi connectivity index (χ4n) is 4.11. The average molecular weight is 449 g/mol. The van der Waals surface area contributed by atoms with Crippen molar-refractivity contribution in [1.82, 2.24) is 4.90 Å². The number of aryl methyl sites for hydroxylation is 1. The third kappa shape index (κ3) is 4.75. The maximum Gasteiger partial charge on any atom is 0.321 e. The first-order chi connectivity index (χ1) is 15.2. The van der Waals surface area contributed by atoms with Crippen molar-refractivity contribution < 1.29 is 4.79 Å². The minimum Gasteiger partial charge on any atom is -0.324 e. The number of likely N-dealkylation sites (tertiary alicyclic amines) is 1.